The van der Waals surface area contributed by atoms with Crippen molar-refractivity contribution in [2.24, 2.45) is 5.73 Å². The van der Waals surface area contributed by atoms with Crippen molar-refractivity contribution in [1.29, 1.82) is 0 Å². The van der Waals surface area contributed by atoms with E-state index in [4.69, 9.17) is 10.5 Å². The number of carbonyl (C=O) groups is 1. The molecule has 1 heterocycles. The van der Waals surface area contributed by atoms with E-state index in [0.717, 1.165) is 0 Å². The van der Waals surface area contributed by atoms with Crippen LogP contribution in [-0.2, 0) is 0 Å². The molecule has 2 atom stereocenters. The van der Waals surface area contributed by atoms with Gasteiger partial charge in [-0.1, -0.05) is 24.3 Å². The van der Waals surface area contributed by atoms with Crippen molar-refractivity contribution in [3.63, 3.8) is 0 Å². The quantitative estimate of drug-likeness (QED) is 0.513. The minimum atomic E-state index is -0.782. The van der Waals surface area contributed by atoms with Gasteiger partial charge in [-0.3, -0.25) is 10.5 Å². The summed E-state index contributed by atoms with van der Waals surface area (Å²) in [6.07, 6.45) is -0.475. The van der Waals surface area contributed by atoms with Gasteiger partial charge in [0.15, 0.2) is 6.23 Å². The Kier molecular flexibility index (Phi) is 6.39. The predicted octanol–water partition coefficient (Wildman–Crippen LogP) is 1.98. The summed E-state index contributed by atoms with van der Waals surface area (Å²) in [4.78, 5) is 12.4. The number of nitrogens with one attached hydrogen (secondary N) is 1. The summed E-state index contributed by atoms with van der Waals surface area (Å²) in [5, 5.41) is 14.6. The van der Waals surface area contributed by atoms with Crippen LogP contribution in [0.1, 0.15) is 22.5 Å². The molecule has 1 aromatic carbocycles. The largest absolute Gasteiger partial charge is 0.473 e. The van der Waals surface area contributed by atoms with Crippen LogP contribution in [-0.4, -0.2) is 29.9 Å². The first-order valence-corrected chi connectivity index (χ1v) is 8.02. The topological polar surface area (TPSA) is 84.6 Å². The standard InChI is InChI=1S/C16H20N2O3S/c17-15(21-12-6-2-1-3-7-12)13(19)8-4-10-18-16(20)14-9-5-11-22-14/h1-3,5-7,9,11,13,15,19H,4,8,10,17H2,(H,18,20). The molecule has 0 aliphatic carbocycles. The molecule has 2 rings (SSSR count). The van der Waals surface area contributed by atoms with Crippen molar-refractivity contribution < 1.29 is 14.6 Å². The summed E-state index contributed by atoms with van der Waals surface area (Å²) in [7, 11) is 0. The lowest BCUT2D eigenvalue weighted by Crippen LogP contribution is -2.40. The molecule has 22 heavy (non-hydrogen) atoms. The maximum absolute atomic E-state index is 11.7. The highest BCUT2D eigenvalue weighted by Gasteiger charge is 2.16. The second-order valence-corrected chi connectivity index (χ2v) is 5.79. The third-order valence-electron chi connectivity index (χ3n) is 3.10. The van der Waals surface area contributed by atoms with Crippen molar-refractivity contribution in [3.05, 3.63) is 52.7 Å². The molecule has 1 aromatic heterocycles. The van der Waals surface area contributed by atoms with E-state index < -0.39 is 12.3 Å². The Morgan fingerprint density at radius 3 is 2.73 bits per heavy atom. The minimum absolute atomic E-state index is 0.0886. The van der Waals surface area contributed by atoms with Gasteiger partial charge in [-0.2, -0.15) is 0 Å². The molecule has 1 amide bonds. The Bertz CT molecular complexity index is 560. The molecule has 0 aliphatic rings. The van der Waals surface area contributed by atoms with E-state index in [-0.39, 0.29) is 5.91 Å². The summed E-state index contributed by atoms with van der Waals surface area (Å²) in [5.74, 6) is 0.536. The fourth-order valence-corrected chi connectivity index (χ4v) is 2.55. The van der Waals surface area contributed by atoms with E-state index in [9.17, 15) is 9.90 Å². The van der Waals surface area contributed by atoms with E-state index in [1.807, 2.05) is 29.6 Å². The predicted molar refractivity (Wildman–Crippen MR) is 86.9 cm³/mol. The number of aliphatic hydroxyl groups excluding tert-OH is 1. The van der Waals surface area contributed by atoms with Gasteiger partial charge in [-0.15, -0.1) is 11.3 Å². The molecule has 4 N–H and O–H groups in total. The maximum Gasteiger partial charge on any atom is 0.261 e. The number of para-hydroxylation sites is 1. The Balaban J connectivity index is 1.65. The van der Waals surface area contributed by atoms with Crippen LogP contribution in [0, 0.1) is 0 Å². The zero-order valence-electron chi connectivity index (χ0n) is 12.1. The summed E-state index contributed by atoms with van der Waals surface area (Å²) < 4.78 is 5.46. The molecule has 0 saturated heterocycles. The van der Waals surface area contributed by atoms with Crippen LogP contribution >= 0.6 is 11.3 Å². The molecular weight excluding hydrogens is 300 g/mol. The van der Waals surface area contributed by atoms with Crippen molar-refractivity contribution in [1.82, 2.24) is 5.32 Å². The first kappa shape index (κ1) is 16.5. The first-order chi connectivity index (χ1) is 10.7. The highest BCUT2D eigenvalue weighted by atomic mass is 32.1. The monoisotopic (exact) mass is 320 g/mol. The number of hydrogen-bond acceptors (Lipinski definition) is 5. The Morgan fingerprint density at radius 2 is 2.05 bits per heavy atom. The maximum atomic E-state index is 11.7. The van der Waals surface area contributed by atoms with Crippen molar-refractivity contribution in [2.75, 3.05) is 6.54 Å². The van der Waals surface area contributed by atoms with Crippen molar-refractivity contribution in [3.8, 4) is 5.75 Å². The van der Waals surface area contributed by atoms with E-state index in [1.165, 1.54) is 11.3 Å². The molecule has 0 spiro atoms. The molecule has 0 bridgehead atoms. The van der Waals surface area contributed by atoms with Crippen molar-refractivity contribution in [2.45, 2.75) is 25.2 Å². The normalized spacial score (nSPS) is 13.4. The van der Waals surface area contributed by atoms with Crippen LogP contribution in [0.3, 0.4) is 0 Å². The number of ether oxygens (including phenoxy) is 1. The minimum Gasteiger partial charge on any atom is -0.473 e. The number of hydrogen-bond donors (Lipinski definition) is 3. The highest BCUT2D eigenvalue weighted by molar-refractivity contribution is 7.12. The smallest absolute Gasteiger partial charge is 0.261 e. The zero-order chi connectivity index (χ0) is 15.8. The van der Waals surface area contributed by atoms with Gasteiger partial charge >= 0.3 is 0 Å². The molecule has 2 aromatic rings. The molecule has 0 fully saturated rings. The lowest BCUT2D eigenvalue weighted by molar-refractivity contribution is 0.0334. The molecule has 118 valence electrons. The average Bonchev–Trinajstić information content (AvgIpc) is 3.06. The van der Waals surface area contributed by atoms with Crippen LogP contribution in [0.15, 0.2) is 47.8 Å². The SMILES string of the molecule is NC(Oc1ccccc1)C(O)CCCNC(=O)c1cccs1. The van der Waals surface area contributed by atoms with Gasteiger partial charge in [-0.25, -0.2) is 0 Å². The first-order valence-electron chi connectivity index (χ1n) is 7.14. The van der Waals surface area contributed by atoms with E-state index in [0.29, 0.717) is 30.0 Å². The van der Waals surface area contributed by atoms with E-state index in [1.54, 1.807) is 18.2 Å². The second-order valence-electron chi connectivity index (χ2n) is 4.84. The summed E-state index contributed by atoms with van der Waals surface area (Å²) in [5.41, 5.74) is 5.81. The summed E-state index contributed by atoms with van der Waals surface area (Å²) in [6.45, 7) is 0.492. The van der Waals surface area contributed by atoms with Crippen LogP contribution in [0.4, 0.5) is 0 Å². The highest BCUT2D eigenvalue weighted by Crippen LogP contribution is 2.12. The fraction of sp³-hybridized carbons (Fsp3) is 0.312. The van der Waals surface area contributed by atoms with Crippen LogP contribution < -0.4 is 15.8 Å². The number of rotatable bonds is 8. The van der Waals surface area contributed by atoms with Gasteiger partial charge in [0.05, 0.1) is 4.88 Å². The molecule has 5 nitrogen and oxygen atoms in total. The number of amides is 1. The summed E-state index contributed by atoms with van der Waals surface area (Å²) in [6, 6.07) is 12.7. The fourth-order valence-electron chi connectivity index (χ4n) is 1.91. The lowest BCUT2D eigenvalue weighted by atomic mass is 10.1. The van der Waals surface area contributed by atoms with Crippen molar-refractivity contribution >= 4 is 17.2 Å². The van der Waals surface area contributed by atoms with Gasteiger partial charge < -0.3 is 15.2 Å². The Labute approximate surface area is 133 Å². The number of nitrogens with two attached hydrogens (primary N) is 1. The number of carbonyl (C=O) groups excluding carboxylic acids is 1. The van der Waals surface area contributed by atoms with Gasteiger partial charge in [-0.05, 0) is 36.4 Å². The number of thiophene rings is 1. The Hall–Kier alpha value is -1.89. The van der Waals surface area contributed by atoms with Gasteiger partial charge in [0, 0.05) is 6.54 Å². The Morgan fingerprint density at radius 1 is 1.27 bits per heavy atom. The molecule has 0 aliphatic heterocycles. The molecule has 2 unspecified atom stereocenters. The summed E-state index contributed by atoms with van der Waals surface area (Å²) >= 11 is 1.40. The van der Waals surface area contributed by atoms with E-state index >= 15 is 0 Å². The average molecular weight is 320 g/mol. The molecular formula is C16H20N2O3S. The van der Waals surface area contributed by atoms with Gasteiger partial charge in [0.2, 0.25) is 0 Å². The van der Waals surface area contributed by atoms with Crippen LogP contribution in [0.5, 0.6) is 5.75 Å². The van der Waals surface area contributed by atoms with Crippen LogP contribution in [0.25, 0.3) is 0 Å². The molecule has 0 radical (unpaired) electrons. The van der Waals surface area contributed by atoms with E-state index in [2.05, 4.69) is 5.32 Å². The number of benzene rings is 1. The third-order valence-corrected chi connectivity index (χ3v) is 3.97. The lowest BCUT2D eigenvalue weighted by Gasteiger charge is -2.20. The molecule has 6 heteroatoms. The third kappa shape index (κ3) is 5.14. The second kappa shape index (κ2) is 8.53. The zero-order valence-corrected chi connectivity index (χ0v) is 13.0. The van der Waals surface area contributed by atoms with Crippen LogP contribution in [0.2, 0.25) is 0 Å². The van der Waals surface area contributed by atoms with Gasteiger partial charge in [0.1, 0.15) is 11.9 Å². The van der Waals surface area contributed by atoms with Gasteiger partial charge in [0.25, 0.3) is 5.91 Å². The number of aliphatic hydroxyl groups is 1. The molecule has 0 saturated carbocycles.